The van der Waals surface area contributed by atoms with E-state index in [1.54, 1.807) is 0 Å². The summed E-state index contributed by atoms with van der Waals surface area (Å²) in [4.78, 5) is 2.89. The minimum atomic E-state index is -0.371. The van der Waals surface area contributed by atoms with Crippen molar-refractivity contribution in [1.29, 1.82) is 5.53 Å². The van der Waals surface area contributed by atoms with Crippen LogP contribution in [0.1, 0.15) is 40.5 Å². The maximum atomic E-state index is 10.1. The first kappa shape index (κ1) is 15.4. The molecule has 18 heavy (non-hydrogen) atoms. The lowest BCUT2D eigenvalue weighted by atomic mass is 9.47. The maximum absolute atomic E-state index is 10.1. The normalized spacial score (nSPS) is 35.4. The molecule has 0 aliphatic heterocycles. The van der Waals surface area contributed by atoms with Crippen LogP contribution in [0.3, 0.4) is 0 Å². The molecular weight excluding hydrogens is 229 g/mol. The molecule has 0 heterocycles. The highest BCUT2D eigenvalue weighted by Crippen LogP contribution is 2.59. The fourth-order valence-electron chi connectivity index (χ4n) is 3.09. The minimum Gasteiger partial charge on any atom is -0.433 e. The molecule has 1 radical (unpaired) electrons. The Labute approximate surface area is 110 Å². The molecule has 2 N–H and O–H groups in total. The zero-order valence-corrected chi connectivity index (χ0v) is 11.8. The standard InChI is InChI=1S/C10H18BN3O2.C2H6/c1-10(2)6-3-7(10)9(15)8(4-6)16-11-5-13-14-12;1-2/h6-9,12,15H,3-5H2,1-2H3;1-2H3/q+1;. The highest BCUT2D eigenvalue weighted by atomic mass is 16.5. The Morgan fingerprint density at radius 1 is 1.44 bits per heavy atom. The van der Waals surface area contributed by atoms with Gasteiger partial charge in [0.15, 0.2) is 0 Å². The van der Waals surface area contributed by atoms with Crippen molar-refractivity contribution in [3.05, 3.63) is 0 Å². The van der Waals surface area contributed by atoms with Gasteiger partial charge in [-0.2, -0.15) is 0 Å². The summed E-state index contributed by atoms with van der Waals surface area (Å²) in [5.74, 6) is 1.03. The van der Waals surface area contributed by atoms with Gasteiger partial charge in [-0.1, -0.05) is 27.7 Å². The molecule has 3 aliphatic rings. The average Bonchev–Trinajstić information content (AvgIpc) is 2.38. The van der Waals surface area contributed by atoms with Crippen molar-refractivity contribution < 1.29 is 9.76 Å². The van der Waals surface area contributed by atoms with Gasteiger partial charge in [0.1, 0.15) is 17.1 Å². The van der Waals surface area contributed by atoms with Crippen LogP contribution in [-0.2, 0) is 4.65 Å². The molecule has 3 fully saturated rings. The van der Waals surface area contributed by atoms with Gasteiger partial charge in [-0.05, 0) is 30.1 Å². The van der Waals surface area contributed by atoms with E-state index in [4.69, 9.17) is 10.2 Å². The fraction of sp³-hybridized carbons (Fsp3) is 1.00. The van der Waals surface area contributed by atoms with Crippen LogP contribution < -0.4 is 4.91 Å². The van der Waals surface area contributed by atoms with Crippen molar-refractivity contribution in [3.63, 3.8) is 0 Å². The number of fused-ring (bicyclic) bond motifs is 2. The maximum Gasteiger partial charge on any atom is 0.324 e. The van der Waals surface area contributed by atoms with Crippen LogP contribution in [0, 0.1) is 22.8 Å². The second-order valence-electron chi connectivity index (χ2n) is 5.35. The van der Waals surface area contributed by atoms with Gasteiger partial charge in [-0.15, -0.1) is 0 Å². The molecule has 101 valence electrons. The fourth-order valence-corrected chi connectivity index (χ4v) is 3.09. The summed E-state index contributed by atoms with van der Waals surface area (Å²) in [5, 5.41) is 13.6. The molecule has 3 rings (SSSR count). The number of aliphatic hydroxyl groups excluding tert-OH is 1. The third-order valence-electron chi connectivity index (χ3n) is 4.35. The Morgan fingerprint density at radius 2 is 2.11 bits per heavy atom. The van der Waals surface area contributed by atoms with E-state index in [0.717, 1.165) is 12.8 Å². The lowest BCUT2D eigenvalue weighted by molar-refractivity contribution is -0.185. The van der Waals surface area contributed by atoms with E-state index in [1.807, 2.05) is 13.8 Å². The molecular formula is C12H24BN3O2+. The van der Waals surface area contributed by atoms with Crippen LogP contribution in [0.5, 0.6) is 0 Å². The van der Waals surface area contributed by atoms with Crippen LogP contribution in [0.4, 0.5) is 0 Å². The van der Waals surface area contributed by atoms with Crippen molar-refractivity contribution in [3.8, 4) is 0 Å². The number of hydrogen-bond donors (Lipinski definition) is 2. The summed E-state index contributed by atoms with van der Waals surface area (Å²) in [5.41, 5.74) is 6.75. The molecule has 3 aliphatic carbocycles. The third-order valence-corrected chi connectivity index (χ3v) is 4.35. The zero-order chi connectivity index (χ0) is 13.8. The van der Waals surface area contributed by atoms with Gasteiger partial charge in [-0.3, -0.25) is 0 Å². The molecule has 0 aromatic heterocycles. The van der Waals surface area contributed by atoms with Gasteiger partial charge in [0.05, 0.1) is 12.2 Å². The topological polar surface area (TPSA) is 79.8 Å². The molecule has 4 unspecified atom stereocenters. The molecule has 6 heteroatoms. The van der Waals surface area contributed by atoms with E-state index in [9.17, 15) is 5.11 Å². The lowest BCUT2D eigenvalue weighted by Gasteiger charge is -2.60. The van der Waals surface area contributed by atoms with E-state index in [0.29, 0.717) is 11.8 Å². The lowest BCUT2D eigenvalue weighted by Crippen LogP contribution is -2.61. The molecule has 5 nitrogen and oxygen atoms in total. The van der Waals surface area contributed by atoms with Crippen LogP contribution >= 0.6 is 0 Å². The summed E-state index contributed by atoms with van der Waals surface area (Å²) >= 11 is 0. The van der Waals surface area contributed by atoms with Crippen LogP contribution in [0.25, 0.3) is 0 Å². The Kier molecular flexibility index (Phi) is 5.51. The predicted octanol–water partition coefficient (Wildman–Crippen LogP) is 1.95. The molecule has 3 saturated carbocycles. The van der Waals surface area contributed by atoms with E-state index in [2.05, 4.69) is 23.9 Å². The SMILES string of the molecule is CC.CC1(C)C2CC(O[B]CN=[N+]=N)C(O)C1C2. The third kappa shape index (κ3) is 2.82. The monoisotopic (exact) mass is 253 g/mol. The Balaban J connectivity index is 0.000000771. The van der Waals surface area contributed by atoms with Gasteiger partial charge in [0.25, 0.3) is 0 Å². The minimum absolute atomic E-state index is 0.0993. The Morgan fingerprint density at radius 3 is 2.61 bits per heavy atom. The molecule has 0 amide bonds. The first-order valence-electron chi connectivity index (χ1n) is 6.75. The van der Waals surface area contributed by atoms with Gasteiger partial charge >= 0.3 is 7.48 Å². The van der Waals surface area contributed by atoms with Gasteiger partial charge in [-0.25, -0.2) is 0 Å². The number of rotatable bonds is 4. The van der Waals surface area contributed by atoms with Crippen molar-refractivity contribution in [2.24, 2.45) is 22.4 Å². The predicted molar refractivity (Wildman–Crippen MR) is 70.1 cm³/mol. The molecule has 4 atom stereocenters. The van der Waals surface area contributed by atoms with Crippen LogP contribution in [-0.4, -0.2) is 31.2 Å². The Hall–Kier alpha value is -0.705. The van der Waals surface area contributed by atoms with E-state index >= 15 is 0 Å². The molecule has 0 saturated heterocycles. The van der Waals surface area contributed by atoms with E-state index < -0.39 is 0 Å². The highest BCUT2D eigenvalue weighted by molar-refractivity contribution is 6.27. The van der Waals surface area contributed by atoms with Gasteiger partial charge in [0.2, 0.25) is 4.91 Å². The van der Waals surface area contributed by atoms with Crippen molar-refractivity contribution in [2.45, 2.75) is 52.7 Å². The smallest absolute Gasteiger partial charge is 0.324 e. The quantitative estimate of drug-likeness (QED) is 0.347. The highest BCUT2D eigenvalue weighted by Gasteiger charge is 2.57. The molecule has 0 aromatic carbocycles. The number of hydrogen-bond acceptors (Lipinski definition) is 4. The van der Waals surface area contributed by atoms with E-state index in [1.165, 1.54) is 7.48 Å². The van der Waals surface area contributed by atoms with Crippen molar-refractivity contribution in [2.75, 3.05) is 6.44 Å². The largest absolute Gasteiger partial charge is 0.433 e. The zero-order valence-electron chi connectivity index (χ0n) is 11.8. The summed E-state index contributed by atoms with van der Waals surface area (Å²) < 4.78 is 5.48. The molecule has 0 spiro atoms. The average molecular weight is 253 g/mol. The van der Waals surface area contributed by atoms with E-state index in [-0.39, 0.29) is 24.1 Å². The summed E-state index contributed by atoms with van der Waals surface area (Å²) in [6.07, 6.45) is 1.85. The Bertz CT molecular complexity index is 318. The molecule has 2 bridgehead atoms. The first-order chi connectivity index (χ1) is 8.57. The van der Waals surface area contributed by atoms with Crippen molar-refractivity contribution in [1.82, 2.24) is 4.91 Å². The van der Waals surface area contributed by atoms with Crippen LogP contribution in [0.15, 0.2) is 5.11 Å². The summed E-state index contributed by atoms with van der Waals surface area (Å²) in [6, 6.07) is 0. The van der Waals surface area contributed by atoms with Gasteiger partial charge in [0, 0.05) is 0 Å². The van der Waals surface area contributed by atoms with Gasteiger partial charge < -0.3 is 9.76 Å². The molecule has 0 aromatic rings. The summed E-state index contributed by atoms with van der Waals surface area (Å²) in [6.45, 7) is 8.45. The number of aliphatic hydroxyl groups is 1. The van der Waals surface area contributed by atoms with Crippen LogP contribution in [0.2, 0.25) is 0 Å². The first-order valence-corrected chi connectivity index (χ1v) is 6.75. The number of nitrogens with one attached hydrogen (secondary N) is 1. The second kappa shape index (κ2) is 6.46. The van der Waals surface area contributed by atoms with Crippen molar-refractivity contribution >= 4 is 7.48 Å². The summed E-state index contributed by atoms with van der Waals surface area (Å²) in [7, 11) is 1.53. The number of nitrogens with zero attached hydrogens (tertiary/aromatic N) is 2. The second-order valence-corrected chi connectivity index (χ2v) is 5.35.